The van der Waals surface area contributed by atoms with Gasteiger partial charge in [0.1, 0.15) is 10.6 Å². The zero-order valence-corrected chi connectivity index (χ0v) is 13.2. The van der Waals surface area contributed by atoms with E-state index < -0.39 is 0 Å². The molecule has 0 aliphatic carbocycles. The van der Waals surface area contributed by atoms with E-state index in [1.165, 1.54) is 11.3 Å². The maximum atomic E-state index is 12.1. The van der Waals surface area contributed by atoms with Crippen molar-refractivity contribution in [2.75, 3.05) is 0 Å². The fraction of sp³-hybridized carbons (Fsp3) is 0.231. The SMILES string of the molecule is Cc1nc(C)c(C(=O)NCc2cn(-c3ccsc3)nn2)s1. The molecule has 0 radical (unpaired) electrons. The van der Waals surface area contributed by atoms with Gasteiger partial charge in [-0.05, 0) is 25.3 Å². The van der Waals surface area contributed by atoms with Crippen molar-refractivity contribution in [3.8, 4) is 5.69 Å². The molecule has 0 fully saturated rings. The highest BCUT2D eigenvalue weighted by molar-refractivity contribution is 7.13. The lowest BCUT2D eigenvalue weighted by atomic mass is 10.3. The summed E-state index contributed by atoms with van der Waals surface area (Å²) < 4.78 is 1.69. The van der Waals surface area contributed by atoms with E-state index in [0.717, 1.165) is 16.4 Å². The second-order valence-electron chi connectivity index (χ2n) is 4.47. The Labute approximate surface area is 129 Å². The molecular weight excluding hydrogens is 306 g/mol. The molecule has 3 aromatic rings. The van der Waals surface area contributed by atoms with Crippen molar-refractivity contribution < 1.29 is 4.79 Å². The molecule has 0 aromatic carbocycles. The largest absolute Gasteiger partial charge is 0.345 e. The van der Waals surface area contributed by atoms with Gasteiger partial charge in [0, 0.05) is 5.38 Å². The number of hydrogen-bond acceptors (Lipinski definition) is 6. The van der Waals surface area contributed by atoms with Crippen LogP contribution in [0.25, 0.3) is 5.69 Å². The molecule has 1 N–H and O–H groups in total. The smallest absolute Gasteiger partial charge is 0.263 e. The average Bonchev–Trinajstić information content (AvgIpc) is 3.15. The highest BCUT2D eigenvalue weighted by Gasteiger charge is 2.14. The number of aryl methyl sites for hydroxylation is 2. The maximum Gasteiger partial charge on any atom is 0.263 e. The highest BCUT2D eigenvalue weighted by Crippen LogP contribution is 2.17. The molecule has 21 heavy (non-hydrogen) atoms. The predicted octanol–water partition coefficient (Wildman–Crippen LogP) is 2.33. The number of carbonyl (C=O) groups is 1. The van der Waals surface area contributed by atoms with Crippen LogP contribution in [-0.2, 0) is 6.54 Å². The van der Waals surface area contributed by atoms with Crippen LogP contribution in [0.1, 0.15) is 26.1 Å². The van der Waals surface area contributed by atoms with E-state index >= 15 is 0 Å². The van der Waals surface area contributed by atoms with Crippen molar-refractivity contribution in [3.63, 3.8) is 0 Å². The van der Waals surface area contributed by atoms with Gasteiger partial charge in [0.25, 0.3) is 5.91 Å². The van der Waals surface area contributed by atoms with Gasteiger partial charge in [0.2, 0.25) is 0 Å². The van der Waals surface area contributed by atoms with E-state index in [-0.39, 0.29) is 5.91 Å². The van der Waals surface area contributed by atoms with Crippen molar-refractivity contribution in [1.29, 1.82) is 0 Å². The Morgan fingerprint density at radius 3 is 2.95 bits per heavy atom. The van der Waals surface area contributed by atoms with E-state index in [1.54, 1.807) is 16.0 Å². The van der Waals surface area contributed by atoms with Crippen LogP contribution >= 0.6 is 22.7 Å². The number of thiophene rings is 1. The summed E-state index contributed by atoms with van der Waals surface area (Å²) in [7, 11) is 0. The molecule has 1 amide bonds. The molecule has 8 heteroatoms. The molecule has 0 unspecified atom stereocenters. The van der Waals surface area contributed by atoms with E-state index in [2.05, 4.69) is 20.6 Å². The average molecular weight is 319 g/mol. The minimum atomic E-state index is -0.122. The number of amides is 1. The summed E-state index contributed by atoms with van der Waals surface area (Å²) in [5.41, 5.74) is 2.45. The molecule has 0 aliphatic heterocycles. The lowest BCUT2D eigenvalue weighted by Crippen LogP contribution is -2.22. The van der Waals surface area contributed by atoms with Crippen molar-refractivity contribution >= 4 is 28.6 Å². The third-order valence-corrected chi connectivity index (χ3v) is 4.59. The van der Waals surface area contributed by atoms with Gasteiger partial charge in [-0.2, -0.15) is 11.3 Å². The van der Waals surface area contributed by atoms with Gasteiger partial charge in [-0.1, -0.05) is 5.21 Å². The van der Waals surface area contributed by atoms with E-state index in [1.807, 2.05) is 36.9 Å². The molecule has 108 valence electrons. The molecular formula is C13H13N5OS2. The molecule has 3 rings (SSSR count). The molecule has 0 bridgehead atoms. The van der Waals surface area contributed by atoms with E-state index in [4.69, 9.17) is 0 Å². The van der Waals surface area contributed by atoms with Crippen LogP contribution in [0.5, 0.6) is 0 Å². The number of nitrogens with zero attached hydrogens (tertiary/aromatic N) is 4. The van der Waals surface area contributed by atoms with E-state index in [0.29, 0.717) is 17.1 Å². The third-order valence-electron chi connectivity index (χ3n) is 2.85. The molecule has 3 heterocycles. The first kappa shape index (κ1) is 13.9. The number of rotatable bonds is 4. The summed E-state index contributed by atoms with van der Waals surface area (Å²) in [5, 5.41) is 15.8. The minimum absolute atomic E-state index is 0.122. The van der Waals surface area contributed by atoms with Crippen LogP contribution < -0.4 is 5.32 Å². The molecule has 0 saturated carbocycles. The predicted molar refractivity (Wildman–Crippen MR) is 82.0 cm³/mol. The normalized spacial score (nSPS) is 10.8. The second-order valence-corrected chi connectivity index (χ2v) is 6.45. The lowest BCUT2D eigenvalue weighted by molar-refractivity contribution is 0.0953. The van der Waals surface area contributed by atoms with Gasteiger partial charge in [0.15, 0.2) is 0 Å². The van der Waals surface area contributed by atoms with Crippen LogP contribution in [0.15, 0.2) is 23.0 Å². The summed E-state index contributed by atoms with van der Waals surface area (Å²) in [6.07, 6.45) is 1.81. The Morgan fingerprint density at radius 2 is 2.29 bits per heavy atom. The van der Waals surface area contributed by atoms with Crippen LogP contribution in [0.4, 0.5) is 0 Å². The molecule has 0 saturated heterocycles. The minimum Gasteiger partial charge on any atom is -0.345 e. The first-order chi connectivity index (χ1) is 10.1. The van der Waals surface area contributed by atoms with Gasteiger partial charge >= 0.3 is 0 Å². The van der Waals surface area contributed by atoms with Gasteiger partial charge in [0.05, 0.1) is 29.1 Å². The lowest BCUT2D eigenvalue weighted by Gasteiger charge is -2.00. The van der Waals surface area contributed by atoms with E-state index in [9.17, 15) is 4.79 Å². The van der Waals surface area contributed by atoms with Crippen molar-refractivity contribution in [2.45, 2.75) is 20.4 Å². The van der Waals surface area contributed by atoms with Crippen LogP contribution in [0.3, 0.4) is 0 Å². The van der Waals surface area contributed by atoms with Gasteiger partial charge in [-0.25, -0.2) is 9.67 Å². The standard InChI is InChI=1S/C13H13N5OS2/c1-8-12(21-9(2)15-8)13(19)14-5-10-6-18(17-16-10)11-3-4-20-7-11/h3-4,6-7H,5H2,1-2H3,(H,14,19). The monoisotopic (exact) mass is 319 g/mol. The number of nitrogens with one attached hydrogen (secondary N) is 1. The number of carbonyl (C=O) groups excluding carboxylic acids is 1. The molecule has 6 nitrogen and oxygen atoms in total. The quantitative estimate of drug-likeness (QED) is 0.801. The molecule has 3 aromatic heterocycles. The third kappa shape index (κ3) is 3.01. The Bertz CT molecular complexity index is 759. The van der Waals surface area contributed by atoms with Crippen LogP contribution in [-0.4, -0.2) is 25.9 Å². The Hall–Kier alpha value is -2.06. The Balaban J connectivity index is 1.65. The molecule has 0 atom stereocenters. The molecule has 0 aliphatic rings. The zero-order valence-electron chi connectivity index (χ0n) is 11.5. The summed E-state index contributed by atoms with van der Waals surface area (Å²) in [4.78, 5) is 17.0. The maximum absolute atomic E-state index is 12.1. The summed E-state index contributed by atoms with van der Waals surface area (Å²) in [6.45, 7) is 4.07. The van der Waals surface area contributed by atoms with Crippen LogP contribution in [0, 0.1) is 13.8 Å². The molecule has 0 spiro atoms. The number of aromatic nitrogens is 4. The van der Waals surface area contributed by atoms with Crippen molar-refractivity contribution in [2.24, 2.45) is 0 Å². The van der Waals surface area contributed by atoms with Gasteiger partial charge < -0.3 is 5.32 Å². The summed E-state index contributed by atoms with van der Waals surface area (Å²) in [5.74, 6) is -0.122. The fourth-order valence-corrected chi connectivity index (χ4v) is 3.35. The Morgan fingerprint density at radius 1 is 1.43 bits per heavy atom. The number of thiazole rings is 1. The Kier molecular flexibility index (Phi) is 3.80. The number of hydrogen-bond donors (Lipinski definition) is 1. The first-order valence-corrected chi connectivity index (χ1v) is 8.05. The topological polar surface area (TPSA) is 72.7 Å². The zero-order chi connectivity index (χ0) is 14.8. The summed E-state index contributed by atoms with van der Waals surface area (Å²) in [6, 6.07) is 1.96. The van der Waals surface area contributed by atoms with Crippen molar-refractivity contribution in [3.05, 3.63) is 44.3 Å². The van der Waals surface area contributed by atoms with Crippen LogP contribution in [0.2, 0.25) is 0 Å². The highest BCUT2D eigenvalue weighted by atomic mass is 32.1. The summed E-state index contributed by atoms with van der Waals surface area (Å²) >= 11 is 3.00. The van der Waals surface area contributed by atoms with Crippen molar-refractivity contribution in [1.82, 2.24) is 25.3 Å². The van der Waals surface area contributed by atoms with Gasteiger partial charge in [-0.3, -0.25) is 4.79 Å². The van der Waals surface area contributed by atoms with Gasteiger partial charge in [-0.15, -0.1) is 16.4 Å². The fourth-order valence-electron chi connectivity index (χ4n) is 1.89. The first-order valence-electron chi connectivity index (χ1n) is 6.29. The second kappa shape index (κ2) is 5.74.